The van der Waals surface area contributed by atoms with Crippen LogP contribution in [0.1, 0.15) is 50.7 Å². The monoisotopic (exact) mass is 445 g/mol. The number of ether oxygens (including phenoxy) is 2. The predicted molar refractivity (Wildman–Crippen MR) is 128 cm³/mol. The Morgan fingerprint density at radius 3 is 2.42 bits per heavy atom. The number of benzene rings is 2. The van der Waals surface area contributed by atoms with Crippen LogP contribution in [-0.2, 0) is 20.7 Å². The SMILES string of the molecule is COc1ccc([C@@H]2C(C(=O)OCCc3ccccc3)=C(C)NC3=C2C(=O)CC(C)(C)C3)cc1. The van der Waals surface area contributed by atoms with Gasteiger partial charge in [-0.3, -0.25) is 4.79 Å². The number of carbonyl (C=O) groups excluding carboxylic acids is 2. The van der Waals surface area contributed by atoms with Crippen LogP contribution in [0, 0.1) is 5.41 Å². The third-order valence-electron chi connectivity index (χ3n) is 6.38. The van der Waals surface area contributed by atoms with E-state index in [1.54, 1.807) is 7.11 Å². The molecule has 2 aromatic rings. The van der Waals surface area contributed by atoms with E-state index in [0.29, 0.717) is 24.0 Å². The fourth-order valence-corrected chi connectivity index (χ4v) is 4.82. The highest BCUT2D eigenvalue weighted by atomic mass is 16.5. The minimum atomic E-state index is -0.458. The van der Waals surface area contributed by atoms with Gasteiger partial charge in [0, 0.05) is 35.7 Å². The smallest absolute Gasteiger partial charge is 0.336 e. The van der Waals surface area contributed by atoms with Crippen molar-refractivity contribution in [2.24, 2.45) is 5.41 Å². The molecule has 2 aliphatic rings. The van der Waals surface area contributed by atoms with Gasteiger partial charge < -0.3 is 14.8 Å². The zero-order valence-electron chi connectivity index (χ0n) is 19.7. The van der Waals surface area contributed by atoms with E-state index in [-0.39, 0.29) is 23.8 Å². The van der Waals surface area contributed by atoms with Gasteiger partial charge in [0.1, 0.15) is 5.75 Å². The zero-order valence-corrected chi connectivity index (χ0v) is 19.7. The summed E-state index contributed by atoms with van der Waals surface area (Å²) in [5, 5.41) is 3.38. The summed E-state index contributed by atoms with van der Waals surface area (Å²) < 4.78 is 11.0. The number of Topliss-reactive ketones (excluding diaryl/α,β-unsaturated/α-hetero) is 1. The lowest BCUT2D eigenvalue weighted by molar-refractivity contribution is -0.139. The molecule has 172 valence electrons. The second-order valence-electron chi connectivity index (χ2n) is 9.57. The number of allylic oxidation sites excluding steroid dienone is 3. The summed E-state index contributed by atoms with van der Waals surface area (Å²) >= 11 is 0. The van der Waals surface area contributed by atoms with Crippen LogP contribution in [0.25, 0.3) is 0 Å². The van der Waals surface area contributed by atoms with Crippen LogP contribution in [0.3, 0.4) is 0 Å². The number of ketones is 1. The highest BCUT2D eigenvalue weighted by Gasteiger charge is 2.43. The van der Waals surface area contributed by atoms with E-state index >= 15 is 0 Å². The zero-order chi connectivity index (χ0) is 23.6. The Hall–Kier alpha value is -3.34. The summed E-state index contributed by atoms with van der Waals surface area (Å²) in [6.45, 7) is 6.37. The van der Waals surface area contributed by atoms with Crippen LogP contribution in [0.2, 0.25) is 0 Å². The second-order valence-corrected chi connectivity index (χ2v) is 9.57. The van der Waals surface area contributed by atoms with Crippen molar-refractivity contribution in [2.75, 3.05) is 13.7 Å². The summed E-state index contributed by atoms with van der Waals surface area (Å²) in [5.74, 6) is -0.0387. The molecule has 1 aliphatic carbocycles. The first-order chi connectivity index (χ1) is 15.8. The van der Waals surface area contributed by atoms with Crippen molar-refractivity contribution in [3.63, 3.8) is 0 Å². The minimum absolute atomic E-state index is 0.0802. The van der Waals surface area contributed by atoms with Crippen LogP contribution in [0.5, 0.6) is 5.75 Å². The van der Waals surface area contributed by atoms with E-state index in [0.717, 1.165) is 34.7 Å². The summed E-state index contributed by atoms with van der Waals surface area (Å²) in [7, 11) is 1.62. The number of hydrogen-bond acceptors (Lipinski definition) is 5. The molecule has 1 atom stereocenters. The lowest BCUT2D eigenvalue weighted by Crippen LogP contribution is -2.38. The molecule has 0 saturated heterocycles. The van der Waals surface area contributed by atoms with Gasteiger partial charge in [0.05, 0.1) is 19.3 Å². The molecule has 0 radical (unpaired) electrons. The van der Waals surface area contributed by atoms with Gasteiger partial charge in [-0.05, 0) is 42.0 Å². The number of nitrogens with one attached hydrogen (secondary N) is 1. The summed E-state index contributed by atoms with van der Waals surface area (Å²) in [6.07, 6.45) is 1.85. The van der Waals surface area contributed by atoms with Crippen molar-refractivity contribution in [2.45, 2.75) is 46.0 Å². The number of methoxy groups -OCH3 is 1. The summed E-state index contributed by atoms with van der Waals surface area (Å²) in [5.41, 5.74) is 4.70. The maximum atomic E-state index is 13.3. The number of rotatable bonds is 6. The number of dihydropyridines is 1. The fraction of sp³-hybridized carbons (Fsp3) is 0.357. The van der Waals surface area contributed by atoms with E-state index in [1.165, 1.54) is 0 Å². The van der Waals surface area contributed by atoms with Gasteiger partial charge in [0.2, 0.25) is 0 Å². The lowest BCUT2D eigenvalue weighted by atomic mass is 9.68. The molecule has 0 amide bonds. The average molecular weight is 446 g/mol. The molecule has 0 aromatic heterocycles. The normalized spacial score (nSPS) is 19.6. The molecule has 4 rings (SSSR count). The first-order valence-electron chi connectivity index (χ1n) is 11.4. The van der Waals surface area contributed by atoms with E-state index in [2.05, 4.69) is 19.2 Å². The van der Waals surface area contributed by atoms with Crippen molar-refractivity contribution in [3.05, 3.63) is 88.3 Å². The van der Waals surface area contributed by atoms with Crippen molar-refractivity contribution in [1.29, 1.82) is 0 Å². The fourth-order valence-electron chi connectivity index (χ4n) is 4.82. The Balaban J connectivity index is 1.66. The summed E-state index contributed by atoms with van der Waals surface area (Å²) in [6, 6.07) is 17.5. The molecular weight excluding hydrogens is 414 g/mol. The Bertz CT molecular complexity index is 1110. The third-order valence-corrected chi connectivity index (χ3v) is 6.38. The highest BCUT2D eigenvalue weighted by molar-refractivity contribution is 6.04. The van der Waals surface area contributed by atoms with Crippen LogP contribution in [-0.4, -0.2) is 25.5 Å². The second kappa shape index (κ2) is 9.26. The van der Waals surface area contributed by atoms with Gasteiger partial charge in [0.15, 0.2) is 5.78 Å². The van der Waals surface area contributed by atoms with Gasteiger partial charge in [0.25, 0.3) is 0 Å². The first-order valence-corrected chi connectivity index (χ1v) is 11.4. The Morgan fingerprint density at radius 1 is 1.06 bits per heavy atom. The van der Waals surface area contributed by atoms with Gasteiger partial charge in [-0.25, -0.2) is 4.79 Å². The standard InChI is InChI=1S/C28H31NO4/c1-18-24(27(31)33-15-14-19-8-6-5-7-9-19)25(20-10-12-21(32-4)13-11-20)26-22(29-18)16-28(2,3)17-23(26)30/h5-13,25,29H,14-17H2,1-4H3/t25-/m1/s1. The first kappa shape index (κ1) is 22.8. The molecule has 0 unspecified atom stereocenters. The molecule has 1 aliphatic heterocycles. The molecule has 33 heavy (non-hydrogen) atoms. The minimum Gasteiger partial charge on any atom is -0.497 e. The molecule has 5 nitrogen and oxygen atoms in total. The van der Waals surface area contributed by atoms with Crippen LogP contribution < -0.4 is 10.1 Å². The quantitative estimate of drug-likeness (QED) is 0.628. The van der Waals surface area contributed by atoms with Crippen LogP contribution in [0.4, 0.5) is 0 Å². The van der Waals surface area contributed by atoms with E-state index in [1.807, 2.05) is 61.5 Å². The van der Waals surface area contributed by atoms with Gasteiger partial charge in [-0.2, -0.15) is 0 Å². The van der Waals surface area contributed by atoms with Crippen molar-refractivity contribution >= 4 is 11.8 Å². The van der Waals surface area contributed by atoms with Gasteiger partial charge in [-0.15, -0.1) is 0 Å². The third kappa shape index (κ3) is 4.87. The number of hydrogen-bond donors (Lipinski definition) is 1. The molecule has 2 aromatic carbocycles. The van der Waals surface area contributed by atoms with Crippen LogP contribution in [0.15, 0.2) is 77.1 Å². The maximum Gasteiger partial charge on any atom is 0.336 e. The van der Waals surface area contributed by atoms with Crippen molar-refractivity contribution in [3.8, 4) is 5.75 Å². The Morgan fingerprint density at radius 2 is 1.76 bits per heavy atom. The van der Waals surface area contributed by atoms with Gasteiger partial charge in [-0.1, -0.05) is 56.3 Å². The van der Waals surface area contributed by atoms with E-state index < -0.39 is 5.92 Å². The predicted octanol–water partition coefficient (Wildman–Crippen LogP) is 5.09. The van der Waals surface area contributed by atoms with Gasteiger partial charge >= 0.3 is 5.97 Å². The molecule has 0 spiro atoms. The Labute approximate surface area is 195 Å². The molecule has 0 fully saturated rings. The summed E-state index contributed by atoms with van der Waals surface area (Å²) in [4.78, 5) is 26.7. The molecule has 0 saturated carbocycles. The van der Waals surface area contributed by atoms with Crippen LogP contribution >= 0.6 is 0 Å². The molecule has 1 N–H and O–H groups in total. The van der Waals surface area contributed by atoms with Crippen molar-refractivity contribution < 1.29 is 19.1 Å². The largest absolute Gasteiger partial charge is 0.497 e. The lowest BCUT2D eigenvalue weighted by Gasteiger charge is -2.39. The molecule has 5 heteroatoms. The van der Waals surface area contributed by atoms with E-state index in [4.69, 9.17) is 9.47 Å². The van der Waals surface area contributed by atoms with E-state index in [9.17, 15) is 9.59 Å². The highest BCUT2D eigenvalue weighted by Crippen LogP contribution is 2.46. The average Bonchev–Trinajstić information content (AvgIpc) is 2.78. The topological polar surface area (TPSA) is 64.6 Å². The molecule has 1 heterocycles. The Kier molecular flexibility index (Phi) is 6.41. The van der Waals surface area contributed by atoms with Crippen molar-refractivity contribution in [1.82, 2.24) is 5.32 Å². The maximum absolute atomic E-state index is 13.3. The molecule has 0 bridgehead atoms. The number of esters is 1. The molecular formula is C28H31NO4. The number of carbonyl (C=O) groups is 2.